The average Bonchev–Trinajstić information content (AvgIpc) is 3.01. The number of ether oxygens (including phenoxy) is 1. The molecule has 0 aliphatic heterocycles. The Labute approximate surface area is 258 Å². The van der Waals surface area contributed by atoms with Crippen LogP contribution in [0.1, 0.15) is 117 Å². The van der Waals surface area contributed by atoms with Gasteiger partial charge in [-0.1, -0.05) is 89.8 Å². The monoisotopic (exact) mass is 612 g/mol. The molecule has 1 heterocycles. The highest BCUT2D eigenvalue weighted by Crippen LogP contribution is 2.31. The molecule has 0 aliphatic carbocycles. The van der Waals surface area contributed by atoms with Gasteiger partial charge in [-0.05, 0) is 66.6 Å². The molecule has 0 saturated carbocycles. The summed E-state index contributed by atoms with van der Waals surface area (Å²) in [6.07, 6.45) is 8.10. The second-order valence-electron chi connectivity index (χ2n) is 11.2. The zero-order valence-electron chi connectivity index (χ0n) is 25.7. The van der Waals surface area contributed by atoms with Gasteiger partial charge in [0, 0.05) is 18.0 Å². The number of aromatic carboxylic acids is 1. The minimum Gasteiger partial charge on any atom is -0.478 e. The van der Waals surface area contributed by atoms with Crippen molar-refractivity contribution >= 4 is 11.9 Å². The van der Waals surface area contributed by atoms with E-state index in [0.717, 1.165) is 50.5 Å². The molecular formula is C35H43F3N2O4. The Bertz CT molecular complexity index is 1330. The zero-order chi connectivity index (χ0) is 32.0. The zero-order valence-corrected chi connectivity index (χ0v) is 25.7. The fourth-order valence-corrected chi connectivity index (χ4v) is 5.06. The highest BCUT2D eigenvalue weighted by Gasteiger charge is 2.42. The van der Waals surface area contributed by atoms with E-state index in [4.69, 9.17) is 4.74 Å². The lowest BCUT2D eigenvalue weighted by molar-refractivity contribution is -0.206. The minimum atomic E-state index is -4.66. The SMILES string of the molecule is CCCCCCCCC(OC(=O)c1ccc(-c2cc(-c3ncc(CCCCCCC)cn3)ccc2C(=O)O)cc1)C(F)(F)F. The van der Waals surface area contributed by atoms with Gasteiger partial charge in [-0.3, -0.25) is 0 Å². The maximum absolute atomic E-state index is 13.6. The summed E-state index contributed by atoms with van der Waals surface area (Å²) in [4.78, 5) is 33.6. The summed E-state index contributed by atoms with van der Waals surface area (Å²) in [5.74, 6) is -1.77. The van der Waals surface area contributed by atoms with Crippen molar-refractivity contribution in [3.8, 4) is 22.5 Å². The third-order valence-corrected chi connectivity index (χ3v) is 7.65. The van der Waals surface area contributed by atoms with Crippen LogP contribution in [0.5, 0.6) is 0 Å². The smallest absolute Gasteiger partial charge is 0.425 e. The number of hydrogen-bond acceptors (Lipinski definition) is 5. The summed E-state index contributed by atoms with van der Waals surface area (Å²) in [6, 6.07) is 10.5. The van der Waals surface area contributed by atoms with Crippen LogP contribution in [0.2, 0.25) is 0 Å². The predicted molar refractivity (Wildman–Crippen MR) is 166 cm³/mol. The second kappa shape index (κ2) is 17.5. The number of halogens is 3. The van der Waals surface area contributed by atoms with Crippen LogP contribution in [0.25, 0.3) is 22.5 Å². The quantitative estimate of drug-likeness (QED) is 0.114. The molecule has 6 nitrogen and oxygen atoms in total. The van der Waals surface area contributed by atoms with Crippen molar-refractivity contribution in [3.63, 3.8) is 0 Å². The molecule has 2 aromatic carbocycles. The largest absolute Gasteiger partial charge is 0.478 e. The molecule has 1 unspecified atom stereocenters. The van der Waals surface area contributed by atoms with Crippen LogP contribution in [0.4, 0.5) is 13.2 Å². The number of alkyl halides is 3. The number of unbranched alkanes of at least 4 members (excludes halogenated alkanes) is 9. The molecule has 0 radical (unpaired) electrons. The topological polar surface area (TPSA) is 89.4 Å². The number of carboxylic acid groups (broad SMARTS) is 1. The van der Waals surface area contributed by atoms with Crippen molar-refractivity contribution in [1.29, 1.82) is 0 Å². The van der Waals surface area contributed by atoms with Gasteiger partial charge in [-0.15, -0.1) is 0 Å². The molecular weight excluding hydrogens is 569 g/mol. The highest BCUT2D eigenvalue weighted by atomic mass is 19.4. The van der Waals surface area contributed by atoms with Crippen LogP contribution >= 0.6 is 0 Å². The number of carboxylic acids is 1. The Balaban J connectivity index is 1.71. The van der Waals surface area contributed by atoms with Gasteiger partial charge in [0.25, 0.3) is 0 Å². The second-order valence-corrected chi connectivity index (χ2v) is 11.2. The number of hydrogen-bond donors (Lipinski definition) is 1. The summed E-state index contributed by atoms with van der Waals surface area (Å²) in [5, 5.41) is 9.80. The van der Waals surface area contributed by atoms with Crippen molar-refractivity contribution in [2.24, 2.45) is 0 Å². The number of benzene rings is 2. The molecule has 0 amide bonds. The fraction of sp³-hybridized carbons (Fsp3) is 0.486. The Kier molecular flexibility index (Phi) is 13.8. The fourth-order valence-electron chi connectivity index (χ4n) is 5.06. The van der Waals surface area contributed by atoms with Crippen LogP contribution in [-0.4, -0.2) is 39.3 Å². The number of aryl methyl sites for hydroxylation is 1. The summed E-state index contributed by atoms with van der Waals surface area (Å²) >= 11 is 0. The molecule has 0 fully saturated rings. The van der Waals surface area contributed by atoms with Gasteiger partial charge in [-0.2, -0.15) is 13.2 Å². The molecule has 44 heavy (non-hydrogen) atoms. The first kappa shape index (κ1) is 34.7. The summed E-state index contributed by atoms with van der Waals surface area (Å²) in [6.45, 7) is 4.25. The van der Waals surface area contributed by atoms with E-state index in [1.807, 2.05) is 0 Å². The van der Waals surface area contributed by atoms with Crippen LogP contribution in [0.3, 0.4) is 0 Å². The van der Waals surface area contributed by atoms with Crippen LogP contribution in [0.15, 0.2) is 54.9 Å². The molecule has 3 rings (SSSR count). The van der Waals surface area contributed by atoms with Crippen molar-refractivity contribution in [3.05, 3.63) is 71.5 Å². The number of rotatable bonds is 18. The Morgan fingerprint density at radius 1 is 0.795 bits per heavy atom. The van der Waals surface area contributed by atoms with Gasteiger partial charge in [0.1, 0.15) is 0 Å². The molecule has 1 N–H and O–H groups in total. The van der Waals surface area contributed by atoms with E-state index in [0.29, 0.717) is 35.4 Å². The molecule has 0 spiro atoms. The number of carbonyl (C=O) groups excluding carboxylic acids is 1. The highest BCUT2D eigenvalue weighted by molar-refractivity contribution is 5.97. The average molecular weight is 613 g/mol. The lowest BCUT2D eigenvalue weighted by Gasteiger charge is -2.21. The molecule has 0 bridgehead atoms. The third kappa shape index (κ3) is 10.8. The van der Waals surface area contributed by atoms with Crippen LogP contribution < -0.4 is 0 Å². The molecule has 0 aliphatic rings. The third-order valence-electron chi connectivity index (χ3n) is 7.65. The van der Waals surface area contributed by atoms with E-state index in [2.05, 4.69) is 23.8 Å². The Hall–Kier alpha value is -3.75. The first-order valence-electron chi connectivity index (χ1n) is 15.7. The molecule has 9 heteroatoms. The summed E-state index contributed by atoms with van der Waals surface area (Å²) in [7, 11) is 0. The first-order valence-corrected chi connectivity index (χ1v) is 15.7. The van der Waals surface area contributed by atoms with E-state index in [1.165, 1.54) is 49.6 Å². The van der Waals surface area contributed by atoms with E-state index in [-0.39, 0.29) is 17.5 Å². The minimum absolute atomic E-state index is 0.0313. The maximum Gasteiger partial charge on any atom is 0.425 e. The Morgan fingerprint density at radius 3 is 1.95 bits per heavy atom. The lowest BCUT2D eigenvalue weighted by atomic mass is 9.96. The van der Waals surface area contributed by atoms with Crippen LogP contribution in [-0.2, 0) is 11.2 Å². The van der Waals surface area contributed by atoms with Gasteiger partial charge in [0.2, 0.25) is 0 Å². The van der Waals surface area contributed by atoms with E-state index < -0.39 is 24.2 Å². The summed E-state index contributed by atoms with van der Waals surface area (Å²) < 4.78 is 45.6. The first-order chi connectivity index (χ1) is 21.1. The number of aromatic nitrogens is 2. The van der Waals surface area contributed by atoms with Crippen LogP contribution in [0, 0.1) is 0 Å². The molecule has 3 aromatic rings. The molecule has 0 saturated heterocycles. The molecule has 238 valence electrons. The standard InChI is InChI=1S/C35H43F3N2O4/c1-3-5-7-9-11-13-15-31(35(36,37)38)44-34(43)27-18-16-26(17-19-27)30-22-28(20-21-29(30)33(41)42)32-39-23-25(24-40-32)14-12-10-8-6-4-2/h16-24,31H,3-15H2,1-2H3,(H,41,42). The predicted octanol–water partition coefficient (Wildman–Crippen LogP) is 9.86. The lowest BCUT2D eigenvalue weighted by Crippen LogP contribution is -2.33. The van der Waals surface area contributed by atoms with Gasteiger partial charge < -0.3 is 9.84 Å². The normalized spacial score (nSPS) is 12.2. The number of carbonyl (C=O) groups is 2. The maximum atomic E-state index is 13.6. The molecule has 1 aromatic heterocycles. The van der Waals surface area contributed by atoms with Crippen molar-refractivity contribution in [2.75, 3.05) is 0 Å². The van der Waals surface area contributed by atoms with E-state index in [9.17, 15) is 27.9 Å². The molecule has 1 atom stereocenters. The van der Waals surface area contributed by atoms with E-state index >= 15 is 0 Å². The van der Waals surface area contributed by atoms with Gasteiger partial charge in [-0.25, -0.2) is 19.6 Å². The van der Waals surface area contributed by atoms with Crippen molar-refractivity contribution in [2.45, 2.75) is 110 Å². The van der Waals surface area contributed by atoms with Crippen molar-refractivity contribution < 1.29 is 32.6 Å². The number of esters is 1. The van der Waals surface area contributed by atoms with Gasteiger partial charge in [0.05, 0.1) is 11.1 Å². The van der Waals surface area contributed by atoms with Gasteiger partial charge >= 0.3 is 18.1 Å². The summed E-state index contributed by atoms with van der Waals surface area (Å²) in [5.41, 5.74) is 2.48. The number of nitrogens with zero attached hydrogens (tertiary/aromatic N) is 2. The van der Waals surface area contributed by atoms with E-state index in [1.54, 1.807) is 24.5 Å². The van der Waals surface area contributed by atoms with Crippen molar-refractivity contribution in [1.82, 2.24) is 9.97 Å². The van der Waals surface area contributed by atoms with Gasteiger partial charge in [0.15, 0.2) is 11.9 Å². The Morgan fingerprint density at radius 2 is 1.36 bits per heavy atom.